The molecule has 0 fully saturated rings. The number of rotatable bonds is 7. The minimum absolute atomic E-state index is 0.0400. The van der Waals surface area contributed by atoms with Crippen molar-refractivity contribution >= 4 is 11.6 Å². The highest BCUT2D eigenvalue weighted by molar-refractivity contribution is 5.90. The first-order valence-corrected chi connectivity index (χ1v) is 6.82. The average molecular weight is 272 g/mol. The molecule has 0 saturated carbocycles. The summed E-state index contributed by atoms with van der Waals surface area (Å²) < 4.78 is 1.99. The Bertz CT molecular complexity index is 537. The predicted octanol–water partition coefficient (Wildman–Crippen LogP) is 2.00. The highest BCUT2D eigenvalue weighted by Crippen LogP contribution is 2.12. The van der Waals surface area contributed by atoms with E-state index in [2.05, 4.69) is 10.3 Å². The first-order chi connectivity index (χ1) is 9.78. The molecule has 5 nitrogen and oxygen atoms in total. The molecule has 0 aliphatic carbocycles. The Labute approximate surface area is 118 Å². The zero-order chi connectivity index (χ0) is 14.2. The van der Waals surface area contributed by atoms with Crippen molar-refractivity contribution in [1.29, 1.82) is 0 Å². The van der Waals surface area contributed by atoms with Gasteiger partial charge in [-0.2, -0.15) is 0 Å². The molecule has 0 atom stereocenters. The highest BCUT2D eigenvalue weighted by Gasteiger charge is 2.03. The molecule has 1 heterocycles. The summed E-state index contributed by atoms with van der Waals surface area (Å²) in [6.45, 7) is 1.38. The van der Waals surface area contributed by atoms with Gasteiger partial charge in [0.1, 0.15) is 0 Å². The molecule has 2 rings (SSSR count). The molecule has 0 radical (unpaired) electrons. The van der Waals surface area contributed by atoms with Crippen LogP contribution < -0.4 is 11.1 Å². The Hall–Kier alpha value is -2.14. The van der Waals surface area contributed by atoms with Crippen LogP contribution in [0.1, 0.15) is 24.8 Å². The number of nitrogens with one attached hydrogen (secondary N) is 1. The lowest BCUT2D eigenvalue weighted by Crippen LogP contribution is -2.12. The van der Waals surface area contributed by atoms with E-state index in [0.717, 1.165) is 30.6 Å². The lowest BCUT2D eigenvalue weighted by Gasteiger charge is -2.08. The summed E-state index contributed by atoms with van der Waals surface area (Å²) in [5, 5.41) is 2.92. The van der Waals surface area contributed by atoms with E-state index in [-0.39, 0.29) is 5.91 Å². The van der Waals surface area contributed by atoms with Crippen molar-refractivity contribution in [2.75, 3.05) is 11.9 Å². The van der Waals surface area contributed by atoms with Crippen molar-refractivity contribution in [3.63, 3.8) is 0 Å². The van der Waals surface area contributed by atoms with Gasteiger partial charge in [-0.1, -0.05) is 12.1 Å². The summed E-state index contributed by atoms with van der Waals surface area (Å²) in [6.07, 6.45) is 7.67. The number of hydrogen-bond donors (Lipinski definition) is 2. The average Bonchev–Trinajstić information content (AvgIpc) is 2.92. The number of carbonyl (C=O) groups excluding carboxylic acids is 1. The molecule has 5 heteroatoms. The number of nitrogens with two attached hydrogens (primary N) is 1. The Balaban J connectivity index is 1.90. The maximum atomic E-state index is 11.7. The molecule has 106 valence electrons. The topological polar surface area (TPSA) is 72.9 Å². The molecule has 0 aliphatic heterocycles. The lowest BCUT2D eigenvalue weighted by atomic mass is 10.2. The zero-order valence-electron chi connectivity index (χ0n) is 11.5. The maximum Gasteiger partial charge on any atom is 0.224 e. The summed E-state index contributed by atoms with van der Waals surface area (Å²) in [6, 6.07) is 7.87. The van der Waals surface area contributed by atoms with Crippen LogP contribution in [0, 0.1) is 0 Å². The fourth-order valence-electron chi connectivity index (χ4n) is 1.99. The molecule has 1 aromatic heterocycles. The molecular weight excluding hydrogens is 252 g/mol. The maximum absolute atomic E-state index is 11.7. The van der Waals surface area contributed by atoms with Gasteiger partial charge >= 0.3 is 0 Å². The van der Waals surface area contributed by atoms with E-state index in [0.29, 0.717) is 13.0 Å². The molecule has 1 amide bonds. The minimum Gasteiger partial charge on any atom is -0.333 e. The lowest BCUT2D eigenvalue weighted by molar-refractivity contribution is -0.116. The number of nitrogens with zero attached hydrogens (tertiary/aromatic N) is 2. The van der Waals surface area contributed by atoms with Crippen molar-refractivity contribution < 1.29 is 4.79 Å². The van der Waals surface area contributed by atoms with Crippen LogP contribution in [0.3, 0.4) is 0 Å². The molecule has 20 heavy (non-hydrogen) atoms. The van der Waals surface area contributed by atoms with Crippen molar-refractivity contribution in [3.05, 3.63) is 48.5 Å². The Morgan fingerprint density at radius 2 is 2.25 bits per heavy atom. The summed E-state index contributed by atoms with van der Waals surface area (Å²) in [7, 11) is 0. The Morgan fingerprint density at radius 1 is 1.35 bits per heavy atom. The second kappa shape index (κ2) is 7.45. The van der Waals surface area contributed by atoms with Crippen LogP contribution in [0.4, 0.5) is 5.69 Å². The van der Waals surface area contributed by atoms with Gasteiger partial charge < -0.3 is 15.6 Å². The van der Waals surface area contributed by atoms with Crippen molar-refractivity contribution in [1.82, 2.24) is 9.55 Å². The van der Waals surface area contributed by atoms with Crippen LogP contribution in [-0.2, 0) is 11.3 Å². The third-order valence-corrected chi connectivity index (χ3v) is 2.99. The number of amides is 1. The summed E-state index contributed by atoms with van der Waals surface area (Å²) >= 11 is 0. The van der Waals surface area contributed by atoms with E-state index in [1.807, 2.05) is 35.0 Å². The first-order valence-electron chi connectivity index (χ1n) is 6.82. The fraction of sp³-hybridized carbons (Fsp3) is 0.333. The van der Waals surface area contributed by atoms with Crippen LogP contribution in [0.15, 0.2) is 43.0 Å². The van der Waals surface area contributed by atoms with Crippen molar-refractivity contribution in [2.24, 2.45) is 5.73 Å². The molecule has 2 aromatic rings. The quantitative estimate of drug-likeness (QED) is 0.757. The molecule has 0 unspecified atom stereocenters. The van der Waals surface area contributed by atoms with Crippen molar-refractivity contribution in [2.45, 2.75) is 25.8 Å². The van der Waals surface area contributed by atoms with Gasteiger partial charge in [0.05, 0.1) is 6.33 Å². The molecule has 0 bridgehead atoms. The fourth-order valence-corrected chi connectivity index (χ4v) is 1.99. The summed E-state index contributed by atoms with van der Waals surface area (Å²) in [4.78, 5) is 15.8. The Morgan fingerprint density at radius 3 is 3.00 bits per heavy atom. The van der Waals surface area contributed by atoms with Gasteiger partial charge in [0.15, 0.2) is 0 Å². The van der Waals surface area contributed by atoms with Crippen LogP contribution in [-0.4, -0.2) is 22.0 Å². The van der Waals surface area contributed by atoms with Crippen LogP contribution >= 0.6 is 0 Å². The van der Waals surface area contributed by atoms with Gasteiger partial charge in [-0.05, 0) is 37.1 Å². The van der Waals surface area contributed by atoms with Gasteiger partial charge in [-0.15, -0.1) is 0 Å². The van der Waals surface area contributed by atoms with Gasteiger partial charge in [0, 0.05) is 31.0 Å². The second-order valence-electron chi connectivity index (χ2n) is 4.73. The van der Waals surface area contributed by atoms with E-state index < -0.39 is 0 Å². The minimum atomic E-state index is 0.0400. The first kappa shape index (κ1) is 14.3. The van der Waals surface area contributed by atoms with Crippen LogP contribution in [0.5, 0.6) is 0 Å². The van der Waals surface area contributed by atoms with E-state index >= 15 is 0 Å². The van der Waals surface area contributed by atoms with E-state index in [1.165, 1.54) is 0 Å². The largest absolute Gasteiger partial charge is 0.333 e. The monoisotopic (exact) mass is 272 g/mol. The molecule has 1 aromatic carbocycles. The molecule has 0 spiro atoms. The number of imidazole rings is 1. The van der Waals surface area contributed by atoms with Gasteiger partial charge in [-0.25, -0.2) is 4.98 Å². The third kappa shape index (κ3) is 4.51. The number of unbranched alkanes of at least 4 members (excludes halogenated alkanes) is 1. The molecule has 0 saturated heterocycles. The predicted molar refractivity (Wildman–Crippen MR) is 79.3 cm³/mol. The van der Waals surface area contributed by atoms with E-state index in [9.17, 15) is 4.79 Å². The summed E-state index contributed by atoms with van der Waals surface area (Å²) in [5.74, 6) is 0.0400. The van der Waals surface area contributed by atoms with Crippen LogP contribution in [0.25, 0.3) is 0 Å². The molecular formula is C15H20N4O. The highest BCUT2D eigenvalue weighted by atomic mass is 16.1. The van der Waals surface area contributed by atoms with Crippen molar-refractivity contribution in [3.8, 4) is 0 Å². The summed E-state index contributed by atoms with van der Waals surface area (Å²) in [5.41, 5.74) is 7.37. The van der Waals surface area contributed by atoms with Gasteiger partial charge in [0.2, 0.25) is 5.91 Å². The SMILES string of the molecule is NCCCCC(=O)Nc1cccc(Cn2ccnc2)c1. The zero-order valence-corrected chi connectivity index (χ0v) is 11.5. The van der Waals surface area contributed by atoms with E-state index in [1.54, 1.807) is 12.5 Å². The molecule has 3 N–H and O–H groups in total. The van der Waals surface area contributed by atoms with Gasteiger partial charge in [0.25, 0.3) is 0 Å². The van der Waals surface area contributed by atoms with E-state index in [4.69, 9.17) is 5.73 Å². The standard InChI is InChI=1S/C15H20N4O/c16-7-2-1-6-15(20)18-14-5-3-4-13(10-14)11-19-9-8-17-12-19/h3-5,8-10,12H,1-2,6-7,11,16H2,(H,18,20). The molecule has 0 aliphatic rings. The third-order valence-electron chi connectivity index (χ3n) is 2.99. The van der Waals surface area contributed by atoms with Crippen LogP contribution in [0.2, 0.25) is 0 Å². The number of hydrogen-bond acceptors (Lipinski definition) is 3. The normalized spacial score (nSPS) is 10.4. The van der Waals surface area contributed by atoms with Gasteiger partial charge in [-0.3, -0.25) is 4.79 Å². The second-order valence-corrected chi connectivity index (χ2v) is 4.73. The number of carbonyl (C=O) groups is 1. The Kier molecular flexibility index (Phi) is 5.32. The number of benzene rings is 1. The number of aromatic nitrogens is 2. The number of anilines is 1. The smallest absolute Gasteiger partial charge is 0.224 e.